The normalized spacial score (nSPS) is 12.9. The minimum Gasteiger partial charge on any atom is -0.374 e. The second-order valence-corrected chi connectivity index (χ2v) is 5.57. The standard InChI is InChI=1S/C18H18F4N4/c1-2-3-12-4-7-17(25-9-12)18(21,22)15(10-24-11-26-23)14-6-5-13(19)8-16(14)20/h2,4-9,11,15H,1,3,10,23H2,(H,24,26). The Kier molecular flexibility index (Phi) is 6.32. The van der Waals surface area contributed by atoms with Gasteiger partial charge in [0.15, 0.2) is 0 Å². The van der Waals surface area contributed by atoms with Crippen molar-refractivity contribution in [2.24, 2.45) is 10.9 Å². The lowest BCUT2D eigenvalue weighted by molar-refractivity contribution is -0.0377. The lowest BCUT2D eigenvalue weighted by Gasteiger charge is -2.27. The quantitative estimate of drug-likeness (QED) is 0.188. The van der Waals surface area contributed by atoms with Crippen LogP contribution in [-0.2, 0) is 12.3 Å². The van der Waals surface area contributed by atoms with Gasteiger partial charge in [-0.1, -0.05) is 18.2 Å². The van der Waals surface area contributed by atoms with Crippen molar-refractivity contribution in [2.45, 2.75) is 18.3 Å². The van der Waals surface area contributed by atoms with Crippen LogP contribution in [0.2, 0.25) is 0 Å². The van der Waals surface area contributed by atoms with Crippen LogP contribution in [0.1, 0.15) is 22.7 Å². The van der Waals surface area contributed by atoms with E-state index < -0.39 is 29.2 Å². The summed E-state index contributed by atoms with van der Waals surface area (Å²) in [5.41, 5.74) is -0.144. The summed E-state index contributed by atoms with van der Waals surface area (Å²) < 4.78 is 57.4. The molecule has 0 aliphatic heterocycles. The van der Waals surface area contributed by atoms with E-state index in [1.54, 1.807) is 6.08 Å². The fourth-order valence-corrected chi connectivity index (χ4v) is 2.53. The Morgan fingerprint density at radius 1 is 1.27 bits per heavy atom. The molecule has 2 aromatic rings. The van der Waals surface area contributed by atoms with Crippen molar-refractivity contribution in [1.29, 1.82) is 0 Å². The van der Waals surface area contributed by atoms with Gasteiger partial charge >= 0.3 is 0 Å². The number of pyridine rings is 1. The second kappa shape index (κ2) is 8.46. The fraction of sp³-hybridized carbons (Fsp3) is 0.222. The summed E-state index contributed by atoms with van der Waals surface area (Å²) in [5, 5.41) is 5.65. The van der Waals surface area contributed by atoms with Gasteiger partial charge in [-0.2, -0.15) is 13.9 Å². The highest BCUT2D eigenvalue weighted by atomic mass is 19.3. The molecule has 0 radical (unpaired) electrons. The van der Waals surface area contributed by atoms with E-state index in [2.05, 4.69) is 22.0 Å². The van der Waals surface area contributed by atoms with E-state index in [1.807, 2.05) is 0 Å². The van der Waals surface area contributed by atoms with Crippen molar-refractivity contribution < 1.29 is 17.6 Å². The molecule has 0 bridgehead atoms. The Hall–Kier alpha value is -2.90. The van der Waals surface area contributed by atoms with Gasteiger partial charge in [0.25, 0.3) is 5.92 Å². The molecule has 0 saturated heterocycles. The number of halogens is 4. The van der Waals surface area contributed by atoms with Crippen molar-refractivity contribution in [3.63, 3.8) is 0 Å². The molecule has 1 unspecified atom stereocenters. The van der Waals surface area contributed by atoms with Gasteiger partial charge in [-0.15, -0.1) is 6.58 Å². The minimum atomic E-state index is -3.53. The van der Waals surface area contributed by atoms with Crippen LogP contribution in [0.25, 0.3) is 0 Å². The first-order valence-corrected chi connectivity index (χ1v) is 7.74. The number of benzene rings is 1. The molecular formula is C18H18F4N4. The van der Waals surface area contributed by atoms with Crippen LogP contribution in [0.15, 0.2) is 54.3 Å². The molecule has 138 valence electrons. The maximum Gasteiger partial charge on any atom is 0.298 e. The molecule has 0 aliphatic rings. The van der Waals surface area contributed by atoms with Crippen LogP contribution in [0.4, 0.5) is 17.6 Å². The highest BCUT2D eigenvalue weighted by Crippen LogP contribution is 2.41. The summed E-state index contributed by atoms with van der Waals surface area (Å²) in [7, 11) is 0. The van der Waals surface area contributed by atoms with Crippen LogP contribution in [0.3, 0.4) is 0 Å². The predicted octanol–water partition coefficient (Wildman–Crippen LogP) is 3.46. The zero-order valence-corrected chi connectivity index (χ0v) is 13.8. The lowest BCUT2D eigenvalue weighted by atomic mass is 9.89. The first kappa shape index (κ1) is 19.4. The average Bonchev–Trinajstić information content (AvgIpc) is 2.60. The first-order valence-electron chi connectivity index (χ1n) is 7.74. The lowest BCUT2D eigenvalue weighted by Crippen LogP contribution is -2.34. The Morgan fingerprint density at radius 3 is 2.62 bits per heavy atom. The Bertz CT molecular complexity index is 775. The largest absolute Gasteiger partial charge is 0.374 e. The van der Waals surface area contributed by atoms with E-state index in [9.17, 15) is 8.78 Å². The number of nitrogens with zero attached hydrogens (tertiary/aromatic N) is 2. The van der Waals surface area contributed by atoms with Crippen molar-refractivity contribution in [3.05, 3.63) is 77.6 Å². The molecule has 0 spiro atoms. The molecule has 1 atom stereocenters. The maximum atomic E-state index is 15.1. The molecule has 0 amide bonds. The third-order valence-electron chi connectivity index (χ3n) is 3.81. The van der Waals surface area contributed by atoms with Crippen molar-refractivity contribution >= 4 is 6.34 Å². The molecule has 0 fully saturated rings. The number of nitrogens with two attached hydrogens (primary N) is 1. The number of hydrogen-bond acceptors (Lipinski definition) is 3. The monoisotopic (exact) mass is 366 g/mol. The fourth-order valence-electron chi connectivity index (χ4n) is 2.53. The predicted molar refractivity (Wildman–Crippen MR) is 91.8 cm³/mol. The Balaban J connectivity index is 2.42. The summed E-state index contributed by atoms with van der Waals surface area (Å²) in [5.74, 6) is -2.15. The Morgan fingerprint density at radius 2 is 2.04 bits per heavy atom. The van der Waals surface area contributed by atoms with E-state index in [0.29, 0.717) is 12.5 Å². The highest BCUT2D eigenvalue weighted by Gasteiger charge is 2.44. The van der Waals surface area contributed by atoms with Gasteiger partial charge in [-0.25, -0.2) is 8.78 Å². The van der Waals surface area contributed by atoms with Gasteiger partial charge in [0, 0.05) is 18.8 Å². The number of alkyl halides is 2. The van der Waals surface area contributed by atoms with Gasteiger partial charge in [0.2, 0.25) is 0 Å². The smallest absolute Gasteiger partial charge is 0.298 e. The minimum absolute atomic E-state index is 0.341. The van der Waals surface area contributed by atoms with Crippen LogP contribution < -0.4 is 11.2 Å². The van der Waals surface area contributed by atoms with Crippen LogP contribution in [0.5, 0.6) is 0 Å². The second-order valence-electron chi connectivity index (χ2n) is 5.57. The van der Waals surface area contributed by atoms with Crippen molar-refractivity contribution in [3.8, 4) is 0 Å². The van der Waals surface area contributed by atoms with E-state index in [0.717, 1.165) is 24.0 Å². The van der Waals surface area contributed by atoms with Gasteiger partial charge in [0.05, 0.1) is 5.92 Å². The molecule has 3 N–H and O–H groups in total. The molecule has 0 aliphatic carbocycles. The number of allylic oxidation sites excluding steroid dienone is 1. The van der Waals surface area contributed by atoms with E-state index in [-0.39, 0.29) is 12.1 Å². The van der Waals surface area contributed by atoms with Gasteiger partial charge in [-0.3, -0.25) is 4.98 Å². The zero-order valence-electron chi connectivity index (χ0n) is 13.8. The Labute approximate surface area is 148 Å². The SMILES string of the molecule is C=CCc1ccc(C(F)(F)C(CN/C=N\N)c2ccc(F)cc2F)nc1. The van der Waals surface area contributed by atoms with Crippen LogP contribution >= 0.6 is 0 Å². The zero-order chi connectivity index (χ0) is 19.2. The van der Waals surface area contributed by atoms with E-state index >= 15 is 8.78 Å². The number of nitrogens with one attached hydrogen (secondary N) is 1. The molecular weight excluding hydrogens is 348 g/mol. The average molecular weight is 366 g/mol. The van der Waals surface area contributed by atoms with E-state index in [1.165, 1.54) is 18.3 Å². The van der Waals surface area contributed by atoms with Gasteiger partial charge in [0.1, 0.15) is 23.7 Å². The number of aromatic nitrogens is 1. The van der Waals surface area contributed by atoms with E-state index in [4.69, 9.17) is 5.84 Å². The molecule has 26 heavy (non-hydrogen) atoms. The number of hydrogen-bond donors (Lipinski definition) is 2. The third-order valence-corrected chi connectivity index (χ3v) is 3.81. The topological polar surface area (TPSA) is 63.3 Å². The summed E-state index contributed by atoms with van der Waals surface area (Å²) in [4.78, 5) is 3.81. The summed E-state index contributed by atoms with van der Waals surface area (Å²) in [6.45, 7) is 3.19. The summed E-state index contributed by atoms with van der Waals surface area (Å²) >= 11 is 0. The van der Waals surface area contributed by atoms with Gasteiger partial charge in [-0.05, 0) is 29.7 Å². The first-order chi connectivity index (χ1) is 12.4. The third kappa shape index (κ3) is 4.38. The molecule has 1 heterocycles. The molecule has 4 nitrogen and oxygen atoms in total. The van der Waals surface area contributed by atoms with Crippen LogP contribution in [0, 0.1) is 11.6 Å². The summed E-state index contributed by atoms with van der Waals surface area (Å²) in [6.07, 6.45) is 4.45. The maximum absolute atomic E-state index is 15.1. The van der Waals surface area contributed by atoms with Gasteiger partial charge < -0.3 is 11.2 Å². The number of hydrazone groups is 1. The molecule has 0 saturated carbocycles. The molecule has 8 heteroatoms. The highest BCUT2D eigenvalue weighted by molar-refractivity contribution is 5.53. The molecule has 2 rings (SSSR count). The summed E-state index contributed by atoms with van der Waals surface area (Å²) in [6, 6.07) is 5.18. The number of rotatable bonds is 8. The van der Waals surface area contributed by atoms with Crippen molar-refractivity contribution in [1.82, 2.24) is 10.3 Å². The van der Waals surface area contributed by atoms with Crippen molar-refractivity contribution in [2.75, 3.05) is 6.54 Å². The molecule has 1 aromatic heterocycles. The molecule has 1 aromatic carbocycles. The van der Waals surface area contributed by atoms with Crippen LogP contribution in [-0.4, -0.2) is 17.9 Å².